The molecule has 1 saturated heterocycles. The summed E-state index contributed by atoms with van der Waals surface area (Å²) in [5.41, 5.74) is 0.413. The number of ether oxygens (including phenoxy) is 1. The highest BCUT2D eigenvalue weighted by atomic mass is 35.5. The fourth-order valence-electron chi connectivity index (χ4n) is 2.62. The zero-order valence-corrected chi connectivity index (χ0v) is 14.3. The van der Waals surface area contributed by atoms with E-state index >= 15 is 0 Å². The quantitative estimate of drug-likeness (QED) is 0.821. The smallest absolute Gasteiger partial charge is 0.309 e. The van der Waals surface area contributed by atoms with Crippen LogP contribution >= 0.6 is 11.6 Å². The molecule has 1 aromatic rings. The summed E-state index contributed by atoms with van der Waals surface area (Å²) in [7, 11) is 0. The Morgan fingerprint density at radius 2 is 2.00 bits per heavy atom. The van der Waals surface area contributed by atoms with Crippen molar-refractivity contribution in [3.05, 3.63) is 34.9 Å². The summed E-state index contributed by atoms with van der Waals surface area (Å²) < 4.78 is 5.00. The summed E-state index contributed by atoms with van der Waals surface area (Å²) in [5.74, 6) is -0.839. The Bertz CT molecular complexity index is 612. The number of piperidine rings is 1. The lowest BCUT2D eigenvalue weighted by atomic mass is 9.97. The fourth-order valence-corrected chi connectivity index (χ4v) is 2.81. The highest BCUT2D eigenvalue weighted by Crippen LogP contribution is 2.18. The van der Waals surface area contributed by atoms with E-state index in [1.807, 2.05) is 0 Å². The van der Waals surface area contributed by atoms with E-state index in [1.165, 1.54) is 0 Å². The first-order valence-corrected chi connectivity index (χ1v) is 8.37. The van der Waals surface area contributed by atoms with E-state index in [-0.39, 0.29) is 30.2 Å². The summed E-state index contributed by atoms with van der Waals surface area (Å²) >= 11 is 5.84. The number of hydrogen-bond acceptors (Lipinski definition) is 4. The van der Waals surface area contributed by atoms with E-state index < -0.39 is 0 Å². The molecule has 1 aromatic carbocycles. The summed E-state index contributed by atoms with van der Waals surface area (Å²) in [6.07, 6.45) is 1.18. The fraction of sp³-hybridized carbons (Fsp3) is 0.471. The van der Waals surface area contributed by atoms with Gasteiger partial charge >= 0.3 is 5.97 Å². The number of benzene rings is 1. The second-order valence-corrected chi connectivity index (χ2v) is 6.04. The van der Waals surface area contributed by atoms with Crippen molar-refractivity contribution in [3.8, 4) is 0 Å². The van der Waals surface area contributed by atoms with E-state index in [0.29, 0.717) is 43.1 Å². The Labute approximate surface area is 146 Å². The second-order valence-electron chi connectivity index (χ2n) is 5.60. The Balaban J connectivity index is 1.77. The zero-order valence-electron chi connectivity index (χ0n) is 13.6. The molecule has 0 atom stereocenters. The van der Waals surface area contributed by atoms with E-state index in [4.69, 9.17) is 16.3 Å². The maximum Gasteiger partial charge on any atom is 0.309 e. The van der Waals surface area contributed by atoms with Gasteiger partial charge in [-0.25, -0.2) is 0 Å². The Morgan fingerprint density at radius 3 is 2.62 bits per heavy atom. The van der Waals surface area contributed by atoms with Gasteiger partial charge in [-0.05, 0) is 38.0 Å². The molecule has 7 heteroatoms. The molecule has 1 aliphatic rings. The Morgan fingerprint density at radius 1 is 1.29 bits per heavy atom. The standard InChI is InChI=1S/C17H21ClN2O4/c1-2-24-17(23)12-6-8-20(9-7-12)15(21)11-19-16(22)13-4-3-5-14(18)10-13/h3-5,10,12H,2,6-9,11H2,1H3,(H,19,22). The summed E-state index contributed by atoms with van der Waals surface area (Å²) in [4.78, 5) is 37.5. The number of amides is 2. The SMILES string of the molecule is CCOC(=O)C1CCN(C(=O)CNC(=O)c2cccc(Cl)c2)CC1. The van der Waals surface area contributed by atoms with Gasteiger partial charge in [0.25, 0.3) is 5.91 Å². The van der Waals surface area contributed by atoms with Crippen molar-refractivity contribution in [1.29, 1.82) is 0 Å². The van der Waals surface area contributed by atoms with Crippen LogP contribution in [0, 0.1) is 5.92 Å². The monoisotopic (exact) mass is 352 g/mol. The molecule has 0 unspecified atom stereocenters. The number of hydrogen-bond donors (Lipinski definition) is 1. The number of nitrogens with zero attached hydrogens (tertiary/aromatic N) is 1. The average Bonchev–Trinajstić information content (AvgIpc) is 2.59. The number of carbonyl (C=O) groups is 3. The highest BCUT2D eigenvalue weighted by molar-refractivity contribution is 6.30. The summed E-state index contributed by atoms with van der Waals surface area (Å²) in [5, 5.41) is 3.06. The highest BCUT2D eigenvalue weighted by Gasteiger charge is 2.28. The third-order valence-electron chi connectivity index (χ3n) is 3.95. The molecule has 1 aliphatic heterocycles. The van der Waals surface area contributed by atoms with Crippen molar-refractivity contribution in [2.24, 2.45) is 5.92 Å². The van der Waals surface area contributed by atoms with Crippen LogP contribution in [-0.4, -0.2) is 48.9 Å². The van der Waals surface area contributed by atoms with Crippen LogP contribution in [0.3, 0.4) is 0 Å². The van der Waals surface area contributed by atoms with Gasteiger partial charge in [-0.2, -0.15) is 0 Å². The van der Waals surface area contributed by atoms with Crippen molar-refractivity contribution in [2.75, 3.05) is 26.2 Å². The first kappa shape index (κ1) is 18.3. The van der Waals surface area contributed by atoms with Crippen molar-refractivity contribution in [2.45, 2.75) is 19.8 Å². The van der Waals surface area contributed by atoms with Gasteiger partial charge in [0, 0.05) is 23.7 Å². The van der Waals surface area contributed by atoms with Gasteiger partial charge in [-0.1, -0.05) is 17.7 Å². The first-order chi connectivity index (χ1) is 11.5. The van der Waals surface area contributed by atoms with E-state index in [0.717, 1.165) is 0 Å². The van der Waals surface area contributed by atoms with Crippen molar-refractivity contribution in [3.63, 3.8) is 0 Å². The lowest BCUT2D eigenvalue weighted by Crippen LogP contribution is -2.45. The molecule has 2 rings (SSSR count). The predicted molar refractivity (Wildman–Crippen MR) is 89.7 cm³/mol. The van der Waals surface area contributed by atoms with Gasteiger partial charge in [0.15, 0.2) is 0 Å². The van der Waals surface area contributed by atoms with Crippen LogP contribution in [0.15, 0.2) is 24.3 Å². The van der Waals surface area contributed by atoms with Gasteiger partial charge in [0.1, 0.15) is 0 Å². The molecule has 0 saturated carbocycles. The molecule has 6 nitrogen and oxygen atoms in total. The number of carbonyl (C=O) groups excluding carboxylic acids is 3. The minimum atomic E-state index is -0.341. The molecular formula is C17H21ClN2O4. The molecule has 2 amide bonds. The molecule has 0 aromatic heterocycles. The number of esters is 1. The molecule has 0 radical (unpaired) electrons. The number of halogens is 1. The van der Waals surface area contributed by atoms with Crippen molar-refractivity contribution < 1.29 is 19.1 Å². The van der Waals surface area contributed by atoms with Crippen LogP contribution in [0.25, 0.3) is 0 Å². The van der Waals surface area contributed by atoms with Gasteiger partial charge in [-0.3, -0.25) is 14.4 Å². The van der Waals surface area contributed by atoms with Crippen LogP contribution in [0.4, 0.5) is 0 Å². The molecule has 1 N–H and O–H groups in total. The Hall–Kier alpha value is -2.08. The van der Waals surface area contributed by atoms with E-state index in [2.05, 4.69) is 5.32 Å². The largest absolute Gasteiger partial charge is 0.466 e. The minimum absolute atomic E-state index is 0.0740. The maximum absolute atomic E-state index is 12.2. The third-order valence-corrected chi connectivity index (χ3v) is 4.19. The van der Waals surface area contributed by atoms with Gasteiger partial charge < -0.3 is 15.0 Å². The molecule has 1 heterocycles. The van der Waals surface area contributed by atoms with Crippen LogP contribution in [0.5, 0.6) is 0 Å². The number of rotatable bonds is 5. The van der Waals surface area contributed by atoms with Crippen molar-refractivity contribution >= 4 is 29.4 Å². The summed E-state index contributed by atoms with van der Waals surface area (Å²) in [6.45, 7) is 3.06. The predicted octanol–water partition coefficient (Wildman–Crippen LogP) is 1.87. The third kappa shape index (κ3) is 4.96. The van der Waals surface area contributed by atoms with E-state index in [1.54, 1.807) is 36.1 Å². The topological polar surface area (TPSA) is 75.7 Å². The normalized spacial score (nSPS) is 15.0. The van der Waals surface area contributed by atoms with Crippen LogP contribution in [-0.2, 0) is 14.3 Å². The lowest BCUT2D eigenvalue weighted by Gasteiger charge is -2.30. The van der Waals surface area contributed by atoms with E-state index in [9.17, 15) is 14.4 Å². The molecule has 1 fully saturated rings. The minimum Gasteiger partial charge on any atom is -0.466 e. The first-order valence-electron chi connectivity index (χ1n) is 7.99. The second kappa shape index (κ2) is 8.68. The molecule has 0 aliphatic carbocycles. The van der Waals surface area contributed by atoms with Crippen LogP contribution in [0.1, 0.15) is 30.1 Å². The van der Waals surface area contributed by atoms with Crippen LogP contribution < -0.4 is 5.32 Å². The molecule has 0 bridgehead atoms. The van der Waals surface area contributed by atoms with Crippen LogP contribution in [0.2, 0.25) is 5.02 Å². The average molecular weight is 353 g/mol. The van der Waals surface area contributed by atoms with Gasteiger partial charge in [-0.15, -0.1) is 0 Å². The molecule has 24 heavy (non-hydrogen) atoms. The maximum atomic E-state index is 12.2. The zero-order chi connectivity index (χ0) is 17.5. The van der Waals surface area contributed by atoms with Gasteiger partial charge in [0.05, 0.1) is 19.1 Å². The summed E-state index contributed by atoms with van der Waals surface area (Å²) in [6, 6.07) is 6.54. The molecule has 130 valence electrons. The number of nitrogens with one attached hydrogen (secondary N) is 1. The number of likely N-dealkylation sites (tertiary alicyclic amines) is 1. The van der Waals surface area contributed by atoms with Gasteiger partial charge in [0.2, 0.25) is 5.91 Å². The molecular weight excluding hydrogens is 332 g/mol. The lowest BCUT2D eigenvalue weighted by molar-refractivity contribution is -0.151. The molecule has 0 spiro atoms. The van der Waals surface area contributed by atoms with Crippen molar-refractivity contribution in [1.82, 2.24) is 10.2 Å². The Kier molecular flexibility index (Phi) is 6.61.